The molecule has 0 aliphatic rings. The minimum atomic E-state index is -4.67. The van der Waals surface area contributed by atoms with E-state index in [4.69, 9.17) is 17.5 Å². The van der Waals surface area contributed by atoms with Crippen LogP contribution in [0.3, 0.4) is 0 Å². The fourth-order valence-corrected chi connectivity index (χ4v) is 0. The maximum atomic E-state index is 8.74. The molecule has 0 aliphatic heterocycles. The molecule has 0 atom stereocenters. The fourth-order valence-electron chi connectivity index (χ4n) is 0. The van der Waals surface area contributed by atoms with E-state index in [0.717, 1.165) is 0 Å². The summed E-state index contributed by atoms with van der Waals surface area (Å²) in [6.45, 7) is 4.00. The average Bonchev–Trinajstić information content (AvgIpc) is 1.36. The van der Waals surface area contributed by atoms with Gasteiger partial charge in [-0.1, -0.05) is 13.8 Å². The number of rotatable bonds is 0. The van der Waals surface area contributed by atoms with Crippen LogP contribution in [0, 0.1) is 0 Å². The van der Waals surface area contributed by atoms with Crippen LogP contribution < -0.4 is 0 Å². The predicted molar refractivity (Wildman–Crippen MR) is 32.7 cm³/mol. The summed E-state index contributed by atoms with van der Waals surface area (Å²) in [5.41, 5.74) is 0. The van der Waals surface area contributed by atoms with Gasteiger partial charge in [0.15, 0.2) is 0 Å². The Morgan fingerprint density at radius 3 is 1.12 bits per heavy atom. The van der Waals surface area contributed by atoms with Crippen LogP contribution >= 0.6 is 0 Å². The van der Waals surface area contributed by atoms with Gasteiger partial charge in [0.25, 0.3) is 0 Å². The van der Waals surface area contributed by atoms with Crippen LogP contribution in [-0.2, 0) is 10.4 Å². The topological polar surface area (TPSA) is 74.6 Å². The zero-order valence-corrected chi connectivity index (χ0v) is 4.94. The van der Waals surface area contributed by atoms with Crippen molar-refractivity contribution in [2.24, 2.45) is 0 Å². The molecule has 0 aromatic carbocycles. The molecule has 0 radical (unpaired) electrons. The van der Waals surface area contributed by atoms with Crippen molar-refractivity contribution in [3.05, 3.63) is 0 Å². The summed E-state index contributed by atoms with van der Waals surface area (Å²) in [5, 5.41) is 0. The van der Waals surface area contributed by atoms with Gasteiger partial charge < -0.3 is 0 Å². The molecule has 48 valence electrons. The molecule has 4 nitrogen and oxygen atoms in total. The molecule has 0 saturated carbocycles. The van der Waals surface area contributed by atoms with Gasteiger partial charge in [-0.3, -0.25) is 9.11 Å². The summed E-state index contributed by atoms with van der Waals surface area (Å²) < 4.78 is 31.6. The van der Waals surface area contributed by atoms with E-state index >= 15 is 0 Å². The molecule has 0 rings (SSSR count). The Balaban J connectivity index is -0.0000000750. The van der Waals surface area contributed by atoms with Gasteiger partial charge in [-0.2, -0.15) is 8.42 Å². The Bertz CT molecular complexity index is 97.2. The SMILES string of the molecule is CC.O=S(=O)(O)O.[NaH]. The molecule has 8 heavy (non-hydrogen) atoms. The van der Waals surface area contributed by atoms with E-state index in [-0.39, 0.29) is 29.6 Å². The van der Waals surface area contributed by atoms with Crippen LogP contribution in [0.2, 0.25) is 0 Å². The van der Waals surface area contributed by atoms with Crippen LogP contribution in [0.4, 0.5) is 0 Å². The summed E-state index contributed by atoms with van der Waals surface area (Å²) in [4.78, 5) is 0. The van der Waals surface area contributed by atoms with Crippen LogP contribution in [0.1, 0.15) is 13.8 Å². The van der Waals surface area contributed by atoms with Crippen LogP contribution in [0.5, 0.6) is 0 Å². The molecule has 0 unspecified atom stereocenters. The Morgan fingerprint density at radius 1 is 1.12 bits per heavy atom. The summed E-state index contributed by atoms with van der Waals surface area (Å²) in [5.74, 6) is 0. The van der Waals surface area contributed by atoms with E-state index in [9.17, 15) is 0 Å². The fraction of sp³-hybridized carbons (Fsp3) is 1.00. The van der Waals surface area contributed by atoms with Crippen molar-refractivity contribution in [2.45, 2.75) is 13.8 Å². The normalized spacial score (nSPS) is 8.00. The van der Waals surface area contributed by atoms with Gasteiger partial charge in [-0.15, -0.1) is 0 Å². The van der Waals surface area contributed by atoms with Crippen molar-refractivity contribution in [1.29, 1.82) is 0 Å². The van der Waals surface area contributed by atoms with Crippen LogP contribution in [0.25, 0.3) is 0 Å². The molecule has 0 aromatic rings. The zero-order chi connectivity index (χ0) is 6.50. The molecule has 0 bridgehead atoms. The Morgan fingerprint density at radius 2 is 1.12 bits per heavy atom. The summed E-state index contributed by atoms with van der Waals surface area (Å²) in [6, 6.07) is 0. The third kappa shape index (κ3) is 313. The molecule has 6 heteroatoms. The van der Waals surface area contributed by atoms with Crippen molar-refractivity contribution in [3.8, 4) is 0 Å². The molecule has 0 amide bonds. The first-order valence-corrected chi connectivity index (χ1v) is 3.10. The average molecular weight is 152 g/mol. The minimum absolute atomic E-state index is 0. The molecular formula is C2H9NaO4S. The number of hydrogen-bond donors (Lipinski definition) is 2. The quantitative estimate of drug-likeness (QED) is 0.370. The Hall–Kier alpha value is 0.870. The van der Waals surface area contributed by atoms with Crippen molar-refractivity contribution in [2.75, 3.05) is 0 Å². The molecular weight excluding hydrogens is 143 g/mol. The molecule has 0 fully saturated rings. The monoisotopic (exact) mass is 152 g/mol. The van der Waals surface area contributed by atoms with Gasteiger partial charge in [0.2, 0.25) is 0 Å². The first kappa shape index (κ1) is 15.9. The summed E-state index contributed by atoms with van der Waals surface area (Å²) in [6.07, 6.45) is 0. The molecule has 0 spiro atoms. The van der Waals surface area contributed by atoms with Gasteiger partial charge >= 0.3 is 40.0 Å². The van der Waals surface area contributed by atoms with E-state index < -0.39 is 10.4 Å². The van der Waals surface area contributed by atoms with Crippen molar-refractivity contribution < 1.29 is 17.5 Å². The zero-order valence-electron chi connectivity index (χ0n) is 4.12. The van der Waals surface area contributed by atoms with E-state index in [2.05, 4.69) is 0 Å². The molecule has 2 N–H and O–H groups in total. The van der Waals surface area contributed by atoms with Gasteiger partial charge in [0.05, 0.1) is 0 Å². The molecule has 0 saturated heterocycles. The van der Waals surface area contributed by atoms with Gasteiger partial charge in [0.1, 0.15) is 0 Å². The standard InChI is InChI=1S/C2H6.Na.H2O4S.H/c1-2;;1-5(2,3)4;/h1-2H3;;(H2,1,2,3,4);. The first-order valence-electron chi connectivity index (χ1n) is 1.70. The van der Waals surface area contributed by atoms with E-state index in [0.29, 0.717) is 0 Å². The summed E-state index contributed by atoms with van der Waals surface area (Å²) in [7, 11) is -4.67. The van der Waals surface area contributed by atoms with E-state index in [1.165, 1.54) is 0 Å². The van der Waals surface area contributed by atoms with Crippen molar-refractivity contribution >= 4 is 40.0 Å². The first-order chi connectivity index (χ1) is 3.00. The van der Waals surface area contributed by atoms with E-state index in [1.54, 1.807) is 0 Å². The second-order valence-corrected chi connectivity index (χ2v) is 1.34. The molecule has 0 aliphatic carbocycles. The molecule has 0 aromatic heterocycles. The van der Waals surface area contributed by atoms with Crippen LogP contribution in [-0.4, -0.2) is 47.1 Å². The van der Waals surface area contributed by atoms with E-state index in [1.807, 2.05) is 13.8 Å². The maximum absolute atomic E-state index is 8.74. The predicted octanol–water partition coefficient (Wildman–Crippen LogP) is -0.275. The van der Waals surface area contributed by atoms with Crippen molar-refractivity contribution in [3.63, 3.8) is 0 Å². The van der Waals surface area contributed by atoms with Gasteiger partial charge in [0, 0.05) is 0 Å². The number of hydrogen-bond acceptors (Lipinski definition) is 2. The van der Waals surface area contributed by atoms with Crippen molar-refractivity contribution in [1.82, 2.24) is 0 Å². The Labute approximate surface area is 71.2 Å². The van der Waals surface area contributed by atoms with Gasteiger partial charge in [-0.25, -0.2) is 0 Å². The van der Waals surface area contributed by atoms with Crippen LogP contribution in [0.15, 0.2) is 0 Å². The molecule has 0 heterocycles. The second-order valence-electron chi connectivity index (χ2n) is 0.448. The third-order valence-corrected chi connectivity index (χ3v) is 0. The third-order valence-electron chi connectivity index (χ3n) is 0. The summed E-state index contributed by atoms with van der Waals surface area (Å²) >= 11 is 0. The van der Waals surface area contributed by atoms with Gasteiger partial charge in [-0.05, 0) is 0 Å². The second kappa shape index (κ2) is 7.87. The Kier molecular flexibility index (Phi) is 15.7.